The molecule has 0 unspecified atom stereocenters. The van der Waals surface area contributed by atoms with E-state index in [1.165, 1.54) is 41.6 Å². The summed E-state index contributed by atoms with van der Waals surface area (Å²) in [5.74, 6) is -0.958. The molecule has 1 saturated carbocycles. The van der Waals surface area contributed by atoms with Crippen LogP contribution in [0.15, 0.2) is 73.1 Å². The van der Waals surface area contributed by atoms with Crippen LogP contribution >= 0.6 is 23.2 Å². The molecule has 4 aliphatic rings. The molecule has 278 valence electrons. The third kappa shape index (κ3) is 8.17. The Hall–Kier alpha value is -4.58. The zero-order valence-electron chi connectivity index (χ0n) is 29.2. The zero-order valence-corrected chi connectivity index (χ0v) is 30.7. The summed E-state index contributed by atoms with van der Waals surface area (Å²) in [7, 11) is 1.54. The molecule has 1 N–H and O–H groups in total. The van der Waals surface area contributed by atoms with Crippen molar-refractivity contribution < 1.29 is 38.0 Å². The zero-order chi connectivity index (χ0) is 37.2. The van der Waals surface area contributed by atoms with Gasteiger partial charge in [-0.05, 0) is 104 Å². The Bertz CT molecular complexity index is 1980. The van der Waals surface area contributed by atoms with Crippen LogP contribution < -0.4 is 19.1 Å². The van der Waals surface area contributed by atoms with Gasteiger partial charge in [-0.3, -0.25) is 9.80 Å². The van der Waals surface area contributed by atoms with E-state index >= 15 is 4.39 Å². The number of pyridine rings is 1. The summed E-state index contributed by atoms with van der Waals surface area (Å²) in [4.78, 5) is 30.7. The topological polar surface area (TPSA) is 115 Å². The number of hydrogen-bond donors (Lipinski definition) is 1. The number of fused-ring (bicyclic) bond motifs is 3. The van der Waals surface area contributed by atoms with Gasteiger partial charge in [-0.15, -0.1) is 0 Å². The maximum absolute atomic E-state index is 15.6. The van der Waals surface area contributed by atoms with E-state index in [2.05, 4.69) is 4.90 Å². The summed E-state index contributed by atoms with van der Waals surface area (Å²) in [5.41, 5.74) is 1.80. The number of benzene rings is 3. The van der Waals surface area contributed by atoms with Crippen molar-refractivity contribution in [2.24, 2.45) is 11.8 Å². The molecule has 0 radical (unpaired) electrons. The fourth-order valence-corrected chi connectivity index (χ4v) is 8.11. The number of carboxylic acid groups (broad SMARTS) is 1. The number of para-hydroxylation sites is 1. The predicted molar refractivity (Wildman–Crippen MR) is 198 cm³/mol. The van der Waals surface area contributed by atoms with Gasteiger partial charge in [0.05, 0.1) is 31.5 Å². The summed E-state index contributed by atoms with van der Waals surface area (Å²) in [5, 5.41) is 23.1. The fourth-order valence-electron chi connectivity index (χ4n) is 7.51. The Kier molecular flexibility index (Phi) is 11.0. The van der Waals surface area contributed by atoms with Crippen LogP contribution in [0.5, 0.6) is 11.5 Å². The molecular weight excluding hydrogens is 724 g/mol. The lowest BCUT2D eigenvalue weighted by atomic mass is 9.80. The molecule has 2 atom stereocenters. The van der Waals surface area contributed by atoms with Crippen molar-refractivity contribution in [2.75, 3.05) is 38.3 Å². The minimum absolute atomic E-state index is 0.00337. The number of aromatic carboxylic acids is 1. The van der Waals surface area contributed by atoms with Gasteiger partial charge < -0.3 is 24.5 Å². The van der Waals surface area contributed by atoms with Crippen LogP contribution in [0.4, 0.5) is 14.9 Å². The van der Waals surface area contributed by atoms with Crippen LogP contribution in [0.3, 0.4) is 0 Å². The van der Waals surface area contributed by atoms with Crippen LogP contribution in [0.2, 0.25) is 10.0 Å². The van der Waals surface area contributed by atoms with Gasteiger partial charge in [0.1, 0.15) is 22.0 Å². The van der Waals surface area contributed by atoms with Crippen molar-refractivity contribution >= 4 is 41.0 Å². The minimum Gasteiger partial charge on any atom is -0.619 e. The first kappa shape index (κ1) is 36.8. The second kappa shape index (κ2) is 15.8. The van der Waals surface area contributed by atoms with Crippen LogP contribution in [0, 0.1) is 22.9 Å². The third-order valence-corrected chi connectivity index (χ3v) is 11.2. The number of carbonyl (C=O) groups is 2. The quantitative estimate of drug-likeness (QED) is 0.108. The Morgan fingerprint density at radius 3 is 2.40 bits per heavy atom. The number of ether oxygens (including phenoxy) is 3. The molecule has 0 spiro atoms. The van der Waals surface area contributed by atoms with E-state index in [-0.39, 0.29) is 46.3 Å². The van der Waals surface area contributed by atoms with Gasteiger partial charge in [0.25, 0.3) is 0 Å². The molecule has 8 rings (SSSR count). The number of amides is 1. The molecular formula is C40H40Cl2FN3O7. The highest BCUT2D eigenvalue weighted by atomic mass is 35.5. The summed E-state index contributed by atoms with van der Waals surface area (Å²) >= 11 is 13.3. The minimum atomic E-state index is -1.21. The number of anilines is 1. The van der Waals surface area contributed by atoms with Gasteiger partial charge >= 0.3 is 12.1 Å². The smallest absolute Gasteiger partial charge is 0.415 e. The average Bonchev–Trinajstić information content (AvgIpc) is 3.98. The van der Waals surface area contributed by atoms with E-state index in [0.717, 1.165) is 38.8 Å². The predicted octanol–water partition coefficient (Wildman–Crippen LogP) is 7.87. The summed E-state index contributed by atoms with van der Waals surface area (Å²) in [6.07, 6.45) is 5.33. The molecule has 53 heavy (non-hydrogen) atoms. The number of aromatic nitrogens is 1. The van der Waals surface area contributed by atoms with E-state index in [1.54, 1.807) is 31.4 Å². The van der Waals surface area contributed by atoms with Gasteiger partial charge in [-0.1, -0.05) is 53.5 Å². The highest BCUT2D eigenvalue weighted by Crippen LogP contribution is 2.42. The van der Waals surface area contributed by atoms with Crippen molar-refractivity contribution in [3.8, 4) is 11.5 Å². The van der Waals surface area contributed by atoms with Gasteiger partial charge in [0, 0.05) is 18.0 Å². The van der Waals surface area contributed by atoms with Gasteiger partial charge in [-0.25, -0.2) is 14.0 Å². The van der Waals surface area contributed by atoms with Crippen molar-refractivity contribution in [3.63, 3.8) is 0 Å². The maximum atomic E-state index is 15.6. The second-order valence-electron chi connectivity index (χ2n) is 14.0. The molecule has 2 bridgehead atoms. The van der Waals surface area contributed by atoms with E-state index in [0.29, 0.717) is 57.6 Å². The number of rotatable bonds is 13. The number of nitrogens with zero attached hydrogens (tertiary/aromatic N) is 3. The number of piperidine rings is 3. The lowest BCUT2D eigenvalue weighted by Crippen LogP contribution is -2.53. The van der Waals surface area contributed by atoms with Gasteiger partial charge in [0.15, 0.2) is 23.9 Å². The second-order valence-corrected chi connectivity index (χ2v) is 14.8. The lowest BCUT2D eigenvalue weighted by Gasteiger charge is -2.44. The number of carboxylic acids is 1. The van der Waals surface area contributed by atoms with Crippen molar-refractivity contribution in [2.45, 2.75) is 50.7 Å². The van der Waals surface area contributed by atoms with E-state index in [1.807, 2.05) is 12.1 Å². The van der Waals surface area contributed by atoms with Gasteiger partial charge in [-0.2, -0.15) is 4.73 Å². The molecule has 3 aromatic carbocycles. The Morgan fingerprint density at radius 1 is 1.02 bits per heavy atom. The number of halogens is 3. The molecule has 1 aromatic heterocycles. The van der Waals surface area contributed by atoms with E-state index < -0.39 is 23.8 Å². The van der Waals surface area contributed by atoms with Crippen LogP contribution in [-0.4, -0.2) is 61.5 Å². The molecule has 4 fully saturated rings. The SMILES string of the molecule is COc1ccc([C@@H](Cc2c(Cl)c[n+]([O-])cc2Cl)c2c(CN(C(=O)O[C@H]3CN4CCC3CC4)c3ccccc3F)cccc2C(=O)O)cc1OCC1CC1. The summed E-state index contributed by atoms with van der Waals surface area (Å²) in [6, 6.07) is 16.1. The average molecular weight is 765 g/mol. The summed E-state index contributed by atoms with van der Waals surface area (Å²) < 4.78 is 34.0. The highest BCUT2D eigenvalue weighted by molar-refractivity contribution is 6.35. The van der Waals surface area contributed by atoms with Crippen molar-refractivity contribution in [3.05, 3.63) is 122 Å². The normalized spacial score (nSPS) is 19.7. The van der Waals surface area contributed by atoms with Crippen LogP contribution in [0.1, 0.15) is 64.2 Å². The van der Waals surface area contributed by atoms with Gasteiger partial charge in [0.2, 0.25) is 0 Å². The monoisotopic (exact) mass is 763 g/mol. The molecule has 13 heteroatoms. The lowest BCUT2D eigenvalue weighted by molar-refractivity contribution is -0.605. The Morgan fingerprint density at radius 2 is 1.75 bits per heavy atom. The number of methoxy groups -OCH3 is 1. The summed E-state index contributed by atoms with van der Waals surface area (Å²) in [6.45, 7) is 2.79. The Balaban J connectivity index is 1.35. The van der Waals surface area contributed by atoms with Crippen molar-refractivity contribution in [1.82, 2.24) is 4.90 Å². The van der Waals surface area contributed by atoms with E-state index in [9.17, 15) is 19.9 Å². The largest absolute Gasteiger partial charge is 0.619 e. The molecule has 3 saturated heterocycles. The molecule has 1 aliphatic carbocycles. The molecule has 4 heterocycles. The molecule has 4 aromatic rings. The fraction of sp³-hybridized carbons (Fsp3) is 0.375. The Labute approximate surface area is 317 Å². The van der Waals surface area contributed by atoms with Crippen molar-refractivity contribution in [1.29, 1.82) is 0 Å². The molecule has 1 amide bonds. The van der Waals surface area contributed by atoms with Crippen LogP contribution in [0.25, 0.3) is 0 Å². The number of hydrogen-bond acceptors (Lipinski definition) is 7. The number of carbonyl (C=O) groups excluding carboxylic acids is 1. The highest BCUT2D eigenvalue weighted by Gasteiger charge is 2.38. The van der Waals surface area contributed by atoms with Crippen LogP contribution in [-0.2, 0) is 17.7 Å². The van der Waals surface area contributed by atoms with E-state index in [4.69, 9.17) is 37.4 Å². The maximum Gasteiger partial charge on any atom is 0.415 e. The first-order valence-corrected chi connectivity index (χ1v) is 18.5. The third-order valence-electron chi connectivity index (χ3n) is 10.5. The first-order chi connectivity index (χ1) is 25.6. The standard InChI is InChI=1S/C40H40Cl2FN3O7/c1-51-35-12-11-26(17-36(35)52-23-24-9-10-24)29(18-30-31(41)20-45(50)21-32(30)42)38-27(5-4-6-28(38)39(47)48)19-46(34-8-3-2-7-33(34)43)40(49)53-37-22-44-15-13-25(37)14-16-44/h2-8,11-12,17,20-21,24-25,29,37H,9-10,13-16,18-19,22-23H2,1H3,(H,47,48)/t29-,37+/m1/s1. The molecule has 10 nitrogen and oxygen atoms in total. The first-order valence-electron chi connectivity index (χ1n) is 17.8. The molecule has 3 aliphatic heterocycles.